The topological polar surface area (TPSA) is 90.8 Å². The Morgan fingerprint density at radius 2 is 1.87 bits per heavy atom. The molecular formula is C23H28FN3O3. The molecule has 0 bridgehead atoms. The summed E-state index contributed by atoms with van der Waals surface area (Å²) in [5.41, 5.74) is 12.5. The number of hydrogen-bond donors (Lipinski definition) is 2. The number of carbonyl (C=O) groups excluding carboxylic acids is 1. The molecule has 2 aliphatic rings. The quantitative estimate of drug-likeness (QED) is 0.787. The summed E-state index contributed by atoms with van der Waals surface area (Å²) >= 11 is 0. The molecule has 7 heteroatoms. The van der Waals surface area contributed by atoms with Crippen molar-refractivity contribution in [2.24, 2.45) is 11.5 Å². The molecule has 0 aliphatic carbocycles. The normalized spacial score (nSPS) is 20.5. The second-order valence-electron chi connectivity index (χ2n) is 8.18. The monoisotopic (exact) mass is 413 g/mol. The number of nitrogens with two attached hydrogens (primary N) is 2. The van der Waals surface area contributed by atoms with E-state index in [9.17, 15) is 9.18 Å². The largest absolute Gasteiger partial charge is 0.457 e. The van der Waals surface area contributed by atoms with Crippen LogP contribution >= 0.6 is 0 Å². The molecule has 1 unspecified atom stereocenters. The molecule has 4 N–H and O–H groups in total. The molecule has 2 aromatic rings. The number of ether oxygens (including phenoxy) is 2. The SMILES string of the molecule is NCCc1ccc(Oc2ccc(F)c(C(=O)N3CCC4(CC3)CC(N)CO4)c2)cc1. The Morgan fingerprint density at radius 3 is 2.50 bits per heavy atom. The number of carbonyl (C=O) groups is 1. The van der Waals surface area contributed by atoms with Crippen LogP contribution < -0.4 is 16.2 Å². The van der Waals surface area contributed by atoms with E-state index in [0.29, 0.717) is 37.7 Å². The minimum absolute atomic E-state index is 0.0206. The molecule has 0 aromatic heterocycles. The molecule has 4 rings (SSSR count). The van der Waals surface area contributed by atoms with Crippen molar-refractivity contribution in [3.8, 4) is 11.5 Å². The first-order valence-corrected chi connectivity index (χ1v) is 10.4. The van der Waals surface area contributed by atoms with Crippen LogP contribution in [0.1, 0.15) is 35.2 Å². The molecule has 0 saturated carbocycles. The number of piperidine rings is 1. The van der Waals surface area contributed by atoms with Gasteiger partial charge in [0.2, 0.25) is 0 Å². The first kappa shape index (κ1) is 20.8. The molecule has 2 fully saturated rings. The van der Waals surface area contributed by atoms with Gasteiger partial charge >= 0.3 is 0 Å². The zero-order chi connectivity index (χ0) is 21.1. The molecule has 1 amide bonds. The maximum Gasteiger partial charge on any atom is 0.256 e. The summed E-state index contributed by atoms with van der Waals surface area (Å²) in [6, 6.07) is 11.9. The van der Waals surface area contributed by atoms with Crippen LogP contribution in [0.25, 0.3) is 0 Å². The van der Waals surface area contributed by atoms with Crippen molar-refractivity contribution in [1.29, 1.82) is 0 Å². The van der Waals surface area contributed by atoms with Crippen LogP contribution in [-0.2, 0) is 11.2 Å². The lowest BCUT2D eigenvalue weighted by molar-refractivity contribution is -0.0389. The van der Waals surface area contributed by atoms with Gasteiger partial charge in [0, 0.05) is 19.1 Å². The Kier molecular flexibility index (Phi) is 6.04. The van der Waals surface area contributed by atoms with Crippen LogP contribution in [0.3, 0.4) is 0 Å². The summed E-state index contributed by atoms with van der Waals surface area (Å²) in [4.78, 5) is 14.6. The number of hydrogen-bond acceptors (Lipinski definition) is 5. The number of rotatable bonds is 5. The van der Waals surface area contributed by atoms with Crippen molar-refractivity contribution in [2.75, 3.05) is 26.2 Å². The zero-order valence-corrected chi connectivity index (χ0v) is 17.0. The van der Waals surface area contributed by atoms with E-state index in [1.165, 1.54) is 18.2 Å². The van der Waals surface area contributed by atoms with Gasteiger partial charge in [-0.1, -0.05) is 12.1 Å². The van der Waals surface area contributed by atoms with Crippen LogP contribution in [0, 0.1) is 5.82 Å². The maximum absolute atomic E-state index is 14.4. The van der Waals surface area contributed by atoms with Gasteiger partial charge in [-0.05, 0) is 68.1 Å². The first-order chi connectivity index (χ1) is 14.5. The van der Waals surface area contributed by atoms with Gasteiger partial charge in [0.05, 0.1) is 17.8 Å². The highest BCUT2D eigenvalue weighted by atomic mass is 19.1. The van der Waals surface area contributed by atoms with Gasteiger partial charge < -0.3 is 25.8 Å². The molecule has 6 nitrogen and oxygen atoms in total. The highest BCUT2D eigenvalue weighted by molar-refractivity contribution is 5.95. The fourth-order valence-electron chi connectivity index (χ4n) is 4.27. The second kappa shape index (κ2) is 8.71. The molecule has 1 spiro atoms. The molecule has 2 aliphatic heterocycles. The third kappa shape index (κ3) is 4.48. The van der Waals surface area contributed by atoms with E-state index in [4.69, 9.17) is 20.9 Å². The van der Waals surface area contributed by atoms with E-state index in [-0.39, 0.29) is 23.1 Å². The number of benzene rings is 2. The zero-order valence-electron chi connectivity index (χ0n) is 17.0. The minimum atomic E-state index is -0.551. The molecule has 1 atom stereocenters. The van der Waals surface area contributed by atoms with Crippen molar-refractivity contribution in [1.82, 2.24) is 4.90 Å². The third-order valence-corrected chi connectivity index (χ3v) is 5.96. The Hall–Kier alpha value is -2.48. The average molecular weight is 413 g/mol. The fourth-order valence-corrected chi connectivity index (χ4v) is 4.27. The Morgan fingerprint density at radius 1 is 1.17 bits per heavy atom. The summed E-state index contributed by atoms with van der Waals surface area (Å²) in [6.45, 7) is 2.20. The third-order valence-electron chi connectivity index (χ3n) is 5.96. The molecule has 2 saturated heterocycles. The second-order valence-corrected chi connectivity index (χ2v) is 8.18. The van der Waals surface area contributed by atoms with Crippen molar-refractivity contribution in [2.45, 2.75) is 37.3 Å². The van der Waals surface area contributed by atoms with Crippen LogP contribution in [-0.4, -0.2) is 48.7 Å². The minimum Gasteiger partial charge on any atom is -0.457 e. The van der Waals surface area contributed by atoms with Crippen molar-refractivity contribution in [3.05, 3.63) is 59.4 Å². The van der Waals surface area contributed by atoms with Crippen LogP contribution in [0.5, 0.6) is 11.5 Å². The summed E-state index contributed by atoms with van der Waals surface area (Å²) in [5, 5.41) is 0. The van der Waals surface area contributed by atoms with E-state index >= 15 is 0 Å². The van der Waals surface area contributed by atoms with Gasteiger partial charge in [0.25, 0.3) is 5.91 Å². The molecule has 160 valence electrons. The highest BCUT2D eigenvalue weighted by Gasteiger charge is 2.42. The van der Waals surface area contributed by atoms with Crippen molar-refractivity contribution >= 4 is 5.91 Å². The molecule has 0 radical (unpaired) electrons. The van der Waals surface area contributed by atoms with E-state index < -0.39 is 5.82 Å². The lowest BCUT2D eigenvalue weighted by Gasteiger charge is -2.38. The van der Waals surface area contributed by atoms with Gasteiger partial charge in [-0.25, -0.2) is 4.39 Å². The number of likely N-dealkylation sites (tertiary alicyclic amines) is 1. The van der Waals surface area contributed by atoms with Crippen molar-refractivity contribution in [3.63, 3.8) is 0 Å². The first-order valence-electron chi connectivity index (χ1n) is 10.4. The van der Waals surface area contributed by atoms with Gasteiger partial charge in [-0.2, -0.15) is 0 Å². The molecule has 2 aromatic carbocycles. The fraction of sp³-hybridized carbons (Fsp3) is 0.435. The maximum atomic E-state index is 14.4. The standard InChI is InChI=1S/C23H28FN3O3/c24-21-6-5-19(30-18-3-1-16(2-4-18)7-10-25)13-20(21)22(28)27-11-8-23(9-12-27)14-17(26)15-29-23/h1-6,13,17H,7-12,14-15,25-26H2. The lowest BCUT2D eigenvalue weighted by atomic mass is 9.87. The number of nitrogens with zero attached hydrogens (tertiary/aromatic N) is 1. The van der Waals surface area contributed by atoms with E-state index in [1.54, 1.807) is 4.90 Å². The Labute approximate surface area is 175 Å². The molecule has 2 heterocycles. The predicted molar refractivity (Wildman–Crippen MR) is 112 cm³/mol. The van der Waals surface area contributed by atoms with Gasteiger partial charge in [0.1, 0.15) is 17.3 Å². The summed E-state index contributed by atoms with van der Waals surface area (Å²) in [5.74, 6) is 0.166. The van der Waals surface area contributed by atoms with Crippen LogP contribution in [0.2, 0.25) is 0 Å². The Bertz CT molecular complexity index is 895. The average Bonchev–Trinajstić information content (AvgIpc) is 3.11. The number of amides is 1. The summed E-state index contributed by atoms with van der Waals surface area (Å²) in [7, 11) is 0. The highest BCUT2D eigenvalue weighted by Crippen LogP contribution is 2.36. The van der Waals surface area contributed by atoms with E-state index in [0.717, 1.165) is 31.2 Å². The lowest BCUT2D eigenvalue weighted by Crippen LogP contribution is -2.47. The molecule has 30 heavy (non-hydrogen) atoms. The van der Waals surface area contributed by atoms with Gasteiger partial charge in [-0.3, -0.25) is 4.79 Å². The van der Waals surface area contributed by atoms with E-state index in [1.807, 2.05) is 24.3 Å². The summed E-state index contributed by atoms with van der Waals surface area (Å²) in [6.07, 6.45) is 3.05. The Balaban J connectivity index is 1.43. The van der Waals surface area contributed by atoms with Crippen molar-refractivity contribution < 1.29 is 18.7 Å². The molecular weight excluding hydrogens is 385 g/mol. The predicted octanol–water partition coefficient (Wildman–Crippen LogP) is 2.84. The van der Waals surface area contributed by atoms with Gasteiger partial charge in [0.15, 0.2) is 0 Å². The summed E-state index contributed by atoms with van der Waals surface area (Å²) < 4.78 is 26.2. The van der Waals surface area contributed by atoms with Crippen LogP contribution in [0.4, 0.5) is 4.39 Å². The number of halogens is 1. The van der Waals surface area contributed by atoms with Crippen LogP contribution in [0.15, 0.2) is 42.5 Å². The van der Waals surface area contributed by atoms with Gasteiger partial charge in [-0.15, -0.1) is 0 Å². The van der Waals surface area contributed by atoms with E-state index in [2.05, 4.69) is 0 Å². The smallest absolute Gasteiger partial charge is 0.256 e.